The van der Waals surface area contributed by atoms with Crippen LogP contribution in [0.3, 0.4) is 0 Å². The first-order valence-corrected chi connectivity index (χ1v) is 15.6. The van der Waals surface area contributed by atoms with Gasteiger partial charge in [-0.3, -0.25) is 18.9 Å². The number of sulfonamides is 1. The van der Waals surface area contributed by atoms with Crippen molar-refractivity contribution in [1.29, 1.82) is 0 Å². The molecule has 11 nitrogen and oxygen atoms in total. The van der Waals surface area contributed by atoms with E-state index in [1.54, 1.807) is 12.3 Å². The second-order valence-corrected chi connectivity index (χ2v) is 12.4. The van der Waals surface area contributed by atoms with E-state index in [0.29, 0.717) is 30.8 Å². The summed E-state index contributed by atoms with van der Waals surface area (Å²) in [6, 6.07) is 18.2. The number of pyridine rings is 1. The number of carbonyl (C=O) groups excluding carboxylic acids is 1. The molecular formula is C31H37N5O6S. The molecule has 43 heavy (non-hydrogen) atoms. The van der Waals surface area contributed by atoms with Crippen molar-refractivity contribution in [3.8, 4) is 0 Å². The number of carboxylic acid groups (broad SMARTS) is 1. The third-order valence-electron chi connectivity index (χ3n) is 7.49. The standard InChI is InChI=1S/C30H35N5O4S.CH2O2/c1-3-22-20-35-13-14-40(38,39)34(2)27-17-23(16-25(22)29(27)35)30(37)33-26(15-21-9-5-4-6-10-21)28(36)19-31-18-24-11-7-8-12-32-24;2-1-3/h4-12,16-17,20,26,28,31,36H,3,13-15,18-19H2,1-2H3,(H,33,37);1H,(H,2,3)/t26-,28+;/m0./s1. The highest BCUT2D eigenvalue weighted by Crippen LogP contribution is 2.35. The Hall–Kier alpha value is -4.26. The van der Waals surface area contributed by atoms with Gasteiger partial charge in [0.05, 0.1) is 34.8 Å². The number of amides is 1. The van der Waals surface area contributed by atoms with E-state index in [1.165, 1.54) is 11.4 Å². The number of nitrogens with one attached hydrogen (secondary N) is 2. The van der Waals surface area contributed by atoms with Gasteiger partial charge in [0.1, 0.15) is 0 Å². The maximum absolute atomic E-state index is 13.7. The number of carbonyl (C=O) groups is 2. The maximum Gasteiger partial charge on any atom is 0.290 e. The molecule has 2 aromatic carbocycles. The first kappa shape index (κ1) is 31.7. The first-order valence-electron chi connectivity index (χ1n) is 14.0. The summed E-state index contributed by atoms with van der Waals surface area (Å²) >= 11 is 0. The summed E-state index contributed by atoms with van der Waals surface area (Å²) < 4.78 is 29.0. The van der Waals surface area contributed by atoms with Gasteiger partial charge < -0.3 is 25.4 Å². The lowest BCUT2D eigenvalue weighted by Gasteiger charge is -2.25. The molecule has 4 N–H and O–H groups in total. The van der Waals surface area contributed by atoms with Gasteiger partial charge in [-0.15, -0.1) is 0 Å². The summed E-state index contributed by atoms with van der Waals surface area (Å²) in [7, 11) is -1.99. The SMILES string of the molecule is CCc1cn2c3c(cc(C(=O)N[C@@H](Cc4ccccc4)[C@H](O)CNCc4ccccn4)cc13)N(C)S(=O)(=O)CC2.O=CO. The van der Waals surface area contributed by atoms with Crippen molar-refractivity contribution < 1.29 is 28.2 Å². The molecule has 0 spiro atoms. The van der Waals surface area contributed by atoms with Gasteiger partial charge in [0, 0.05) is 50.0 Å². The molecule has 228 valence electrons. The molecular weight excluding hydrogens is 570 g/mol. The van der Waals surface area contributed by atoms with E-state index in [2.05, 4.69) is 15.6 Å². The van der Waals surface area contributed by atoms with E-state index in [0.717, 1.165) is 34.1 Å². The Morgan fingerprint density at radius 1 is 1.14 bits per heavy atom. The fourth-order valence-electron chi connectivity index (χ4n) is 5.21. The minimum absolute atomic E-state index is 0.0104. The fourth-order valence-corrected chi connectivity index (χ4v) is 6.35. The zero-order chi connectivity index (χ0) is 31.0. The fraction of sp³-hybridized carbons (Fsp3) is 0.323. The number of aromatic nitrogens is 2. The topological polar surface area (TPSA) is 154 Å². The number of aliphatic hydroxyl groups is 1. The second kappa shape index (κ2) is 14.3. The number of aryl methyl sites for hydroxylation is 2. The molecule has 0 saturated carbocycles. The Morgan fingerprint density at radius 2 is 1.86 bits per heavy atom. The van der Waals surface area contributed by atoms with Gasteiger partial charge in [-0.2, -0.15) is 0 Å². The third kappa shape index (κ3) is 7.58. The van der Waals surface area contributed by atoms with Crippen molar-refractivity contribution in [2.75, 3.05) is 23.7 Å². The average molecular weight is 608 g/mol. The van der Waals surface area contributed by atoms with E-state index >= 15 is 0 Å². The number of benzene rings is 2. The van der Waals surface area contributed by atoms with E-state index in [-0.39, 0.29) is 24.7 Å². The Bertz CT molecular complexity index is 1640. The van der Waals surface area contributed by atoms with Gasteiger partial charge in [-0.25, -0.2) is 8.42 Å². The lowest BCUT2D eigenvalue weighted by Crippen LogP contribution is -2.48. The number of rotatable bonds is 10. The van der Waals surface area contributed by atoms with Crippen LogP contribution < -0.4 is 14.9 Å². The Kier molecular flexibility index (Phi) is 10.5. The van der Waals surface area contributed by atoms with Gasteiger partial charge in [0.15, 0.2) is 0 Å². The van der Waals surface area contributed by atoms with Gasteiger partial charge >= 0.3 is 0 Å². The summed E-state index contributed by atoms with van der Waals surface area (Å²) in [6.45, 7) is 2.89. The quantitative estimate of drug-likeness (QED) is 0.201. The maximum atomic E-state index is 13.7. The monoisotopic (exact) mass is 607 g/mol. The predicted octanol–water partition coefficient (Wildman–Crippen LogP) is 2.57. The van der Waals surface area contributed by atoms with Crippen LogP contribution in [0.15, 0.2) is 73.1 Å². The number of anilines is 1. The molecule has 4 aromatic rings. The Labute approximate surface area is 251 Å². The Balaban J connectivity index is 0.00000135. The highest BCUT2D eigenvalue weighted by atomic mass is 32.2. The molecule has 5 rings (SSSR count). The third-order valence-corrected chi connectivity index (χ3v) is 9.22. The molecule has 2 aromatic heterocycles. The molecule has 2 atom stereocenters. The first-order chi connectivity index (χ1) is 20.7. The largest absolute Gasteiger partial charge is 0.483 e. The van der Waals surface area contributed by atoms with Gasteiger partial charge in [-0.1, -0.05) is 43.3 Å². The zero-order valence-electron chi connectivity index (χ0n) is 24.2. The molecule has 12 heteroatoms. The molecule has 1 aliphatic heterocycles. The Morgan fingerprint density at radius 3 is 2.53 bits per heavy atom. The molecule has 1 amide bonds. The van der Waals surface area contributed by atoms with Crippen LogP contribution in [0.1, 0.15) is 34.1 Å². The molecule has 1 aliphatic rings. The molecule has 0 fully saturated rings. The highest BCUT2D eigenvalue weighted by Gasteiger charge is 2.29. The van der Waals surface area contributed by atoms with Crippen molar-refractivity contribution in [3.63, 3.8) is 0 Å². The predicted molar refractivity (Wildman–Crippen MR) is 166 cm³/mol. The number of nitrogens with zero attached hydrogens (tertiary/aromatic N) is 3. The van der Waals surface area contributed by atoms with Gasteiger partial charge in [-0.05, 0) is 48.2 Å². The molecule has 0 aliphatic carbocycles. The molecule has 0 bridgehead atoms. The van der Waals surface area contributed by atoms with E-state index in [1.807, 2.05) is 72.3 Å². The van der Waals surface area contributed by atoms with Crippen molar-refractivity contribution >= 4 is 39.0 Å². The molecule has 0 unspecified atom stereocenters. The van der Waals surface area contributed by atoms with Gasteiger partial charge in [0.25, 0.3) is 12.4 Å². The van der Waals surface area contributed by atoms with E-state index in [9.17, 15) is 18.3 Å². The normalized spacial score (nSPS) is 15.1. The lowest BCUT2D eigenvalue weighted by molar-refractivity contribution is -0.122. The minimum Gasteiger partial charge on any atom is -0.483 e. The number of hydrogen-bond donors (Lipinski definition) is 4. The summed E-state index contributed by atoms with van der Waals surface area (Å²) in [5, 5.41) is 25.2. The van der Waals surface area contributed by atoms with Gasteiger partial charge in [0.2, 0.25) is 10.0 Å². The van der Waals surface area contributed by atoms with Crippen molar-refractivity contribution in [2.24, 2.45) is 0 Å². The van der Waals surface area contributed by atoms with E-state index < -0.39 is 22.2 Å². The van der Waals surface area contributed by atoms with Crippen LogP contribution >= 0.6 is 0 Å². The smallest absolute Gasteiger partial charge is 0.290 e. The summed E-state index contributed by atoms with van der Waals surface area (Å²) in [5.74, 6) is -0.378. The van der Waals surface area contributed by atoms with Crippen LogP contribution in [-0.4, -0.2) is 72.1 Å². The van der Waals surface area contributed by atoms with Crippen molar-refractivity contribution in [1.82, 2.24) is 20.2 Å². The van der Waals surface area contributed by atoms with Crippen molar-refractivity contribution in [2.45, 2.75) is 45.0 Å². The van der Waals surface area contributed by atoms with Crippen LogP contribution in [0.2, 0.25) is 0 Å². The van der Waals surface area contributed by atoms with Crippen LogP contribution in [0.4, 0.5) is 5.69 Å². The van der Waals surface area contributed by atoms with Crippen LogP contribution in [0, 0.1) is 0 Å². The van der Waals surface area contributed by atoms with Crippen LogP contribution in [-0.2, 0) is 40.7 Å². The minimum atomic E-state index is -3.53. The summed E-state index contributed by atoms with van der Waals surface area (Å²) in [6.07, 6.45) is 4.01. The summed E-state index contributed by atoms with van der Waals surface area (Å²) in [4.78, 5) is 26.4. The second-order valence-electron chi connectivity index (χ2n) is 10.3. The highest BCUT2D eigenvalue weighted by molar-refractivity contribution is 7.92. The molecule has 0 radical (unpaired) electrons. The summed E-state index contributed by atoms with van der Waals surface area (Å²) in [5.41, 5.74) is 4.54. The van der Waals surface area contributed by atoms with Crippen molar-refractivity contribution in [3.05, 3.63) is 95.4 Å². The molecule has 3 heterocycles. The number of hydrogen-bond acceptors (Lipinski definition) is 7. The zero-order valence-corrected chi connectivity index (χ0v) is 25.0. The number of aliphatic hydroxyl groups excluding tert-OH is 1. The lowest BCUT2D eigenvalue weighted by atomic mass is 9.99. The van der Waals surface area contributed by atoms with Crippen LogP contribution in [0.5, 0.6) is 0 Å². The average Bonchev–Trinajstić information content (AvgIpc) is 3.34. The van der Waals surface area contributed by atoms with Crippen LogP contribution in [0.25, 0.3) is 10.9 Å². The van der Waals surface area contributed by atoms with E-state index in [4.69, 9.17) is 9.90 Å². The molecule has 0 saturated heterocycles.